The number of hydrogen-bond acceptors (Lipinski definition) is 3. The minimum absolute atomic E-state index is 0.234. The number of benzene rings is 1. The summed E-state index contributed by atoms with van der Waals surface area (Å²) in [7, 11) is 0. The summed E-state index contributed by atoms with van der Waals surface area (Å²) in [4.78, 5) is 14.3. The second-order valence-electron chi connectivity index (χ2n) is 4.74. The molecule has 0 aromatic heterocycles. The standard InChI is InChI=1S/C17H18BrNO2/c1-3-8-19-9-7-13(17(20)21-10-4-2)11-14-12-15(18)5-6-16(14)19/h3-6,11-12H,1-2,7-10H2. The molecular weight excluding hydrogens is 330 g/mol. The number of fused-ring (bicyclic) bond motifs is 1. The molecule has 110 valence electrons. The van der Waals surface area contributed by atoms with E-state index in [9.17, 15) is 4.79 Å². The lowest BCUT2D eigenvalue weighted by Gasteiger charge is -2.23. The topological polar surface area (TPSA) is 29.5 Å². The van der Waals surface area contributed by atoms with E-state index in [-0.39, 0.29) is 12.6 Å². The molecule has 0 spiro atoms. The molecule has 0 fully saturated rings. The van der Waals surface area contributed by atoms with Crippen molar-refractivity contribution in [2.45, 2.75) is 6.42 Å². The van der Waals surface area contributed by atoms with Crippen LogP contribution >= 0.6 is 15.9 Å². The van der Waals surface area contributed by atoms with Crippen LogP contribution in [0.15, 0.2) is 53.6 Å². The molecule has 1 aliphatic heterocycles. The third-order valence-electron chi connectivity index (χ3n) is 3.26. The Morgan fingerprint density at radius 1 is 1.38 bits per heavy atom. The van der Waals surface area contributed by atoms with Crippen LogP contribution in [-0.2, 0) is 9.53 Å². The summed E-state index contributed by atoms with van der Waals surface area (Å²) < 4.78 is 6.13. The van der Waals surface area contributed by atoms with Crippen LogP contribution < -0.4 is 4.90 Å². The van der Waals surface area contributed by atoms with Crippen LogP contribution in [0.3, 0.4) is 0 Å². The first-order chi connectivity index (χ1) is 10.2. The van der Waals surface area contributed by atoms with Crippen LogP contribution in [0, 0.1) is 0 Å². The molecule has 0 saturated carbocycles. The van der Waals surface area contributed by atoms with Gasteiger partial charge in [0.25, 0.3) is 0 Å². The Balaban J connectivity index is 2.35. The molecule has 2 rings (SSSR count). The number of hydrogen-bond donors (Lipinski definition) is 0. The van der Waals surface area contributed by atoms with E-state index >= 15 is 0 Å². The van der Waals surface area contributed by atoms with Crippen molar-refractivity contribution in [3.05, 3.63) is 59.1 Å². The number of nitrogens with zero attached hydrogens (tertiary/aromatic N) is 1. The van der Waals surface area contributed by atoms with E-state index < -0.39 is 0 Å². The van der Waals surface area contributed by atoms with Gasteiger partial charge in [0.05, 0.1) is 0 Å². The van der Waals surface area contributed by atoms with Gasteiger partial charge in [0.1, 0.15) is 6.61 Å². The fraction of sp³-hybridized carbons (Fsp3) is 0.235. The van der Waals surface area contributed by atoms with Gasteiger partial charge in [-0.1, -0.05) is 34.7 Å². The molecule has 1 heterocycles. The van der Waals surface area contributed by atoms with Crippen LogP contribution in [-0.4, -0.2) is 25.7 Å². The lowest BCUT2D eigenvalue weighted by molar-refractivity contribution is -0.137. The summed E-state index contributed by atoms with van der Waals surface area (Å²) >= 11 is 3.48. The summed E-state index contributed by atoms with van der Waals surface area (Å²) in [5.41, 5.74) is 2.79. The number of anilines is 1. The monoisotopic (exact) mass is 347 g/mol. The third-order valence-corrected chi connectivity index (χ3v) is 3.75. The minimum atomic E-state index is -0.277. The molecule has 0 saturated heterocycles. The van der Waals surface area contributed by atoms with Crippen LogP contribution in [0.1, 0.15) is 12.0 Å². The second kappa shape index (κ2) is 7.27. The molecule has 0 radical (unpaired) electrons. The highest BCUT2D eigenvalue weighted by atomic mass is 79.9. The Morgan fingerprint density at radius 3 is 2.90 bits per heavy atom. The predicted molar refractivity (Wildman–Crippen MR) is 90.3 cm³/mol. The van der Waals surface area contributed by atoms with Gasteiger partial charge in [-0.05, 0) is 36.3 Å². The van der Waals surface area contributed by atoms with Gasteiger partial charge >= 0.3 is 5.97 Å². The Kier molecular flexibility index (Phi) is 5.39. The number of ether oxygens (including phenoxy) is 1. The van der Waals surface area contributed by atoms with Gasteiger partial charge in [0.2, 0.25) is 0 Å². The van der Waals surface area contributed by atoms with Crippen molar-refractivity contribution in [1.82, 2.24) is 0 Å². The lowest BCUT2D eigenvalue weighted by Crippen LogP contribution is -2.25. The zero-order valence-corrected chi connectivity index (χ0v) is 13.4. The molecule has 21 heavy (non-hydrogen) atoms. The van der Waals surface area contributed by atoms with E-state index in [1.54, 1.807) is 6.08 Å². The van der Waals surface area contributed by atoms with Crippen molar-refractivity contribution in [2.24, 2.45) is 0 Å². The second-order valence-corrected chi connectivity index (χ2v) is 5.66. The Hall–Kier alpha value is -1.81. The van der Waals surface area contributed by atoms with Gasteiger partial charge in [0, 0.05) is 28.8 Å². The largest absolute Gasteiger partial charge is 0.458 e. The van der Waals surface area contributed by atoms with Crippen molar-refractivity contribution in [2.75, 3.05) is 24.6 Å². The fourth-order valence-electron chi connectivity index (χ4n) is 2.30. The maximum atomic E-state index is 12.1. The normalized spacial score (nSPS) is 13.8. The van der Waals surface area contributed by atoms with Crippen LogP contribution in [0.4, 0.5) is 5.69 Å². The highest BCUT2D eigenvalue weighted by molar-refractivity contribution is 9.10. The van der Waals surface area contributed by atoms with Crippen LogP contribution in [0.25, 0.3) is 6.08 Å². The van der Waals surface area contributed by atoms with Gasteiger partial charge < -0.3 is 9.64 Å². The van der Waals surface area contributed by atoms with Crippen molar-refractivity contribution >= 4 is 33.7 Å². The first-order valence-corrected chi connectivity index (χ1v) is 7.59. The zero-order valence-electron chi connectivity index (χ0n) is 11.8. The highest BCUT2D eigenvalue weighted by Gasteiger charge is 2.19. The first kappa shape index (κ1) is 15.6. The lowest BCUT2D eigenvalue weighted by atomic mass is 10.1. The Morgan fingerprint density at radius 2 is 2.19 bits per heavy atom. The Bertz CT molecular complexity index is 592. The molecule has 3 nitrogen and oxygen atoms in total. The number of esters is 1. The number of halogens is 1. The van der Waals surface area contributed by atoms with Gasteiger partial charge in [-0.25, -0.2) is 4.79 Å². The van der Waals surface area contributed by atoms with E-state index in [0.717, 1.165) is 28.8 Å². The van der Waals surface area contributed by atoms with Gasteiger partial charge in [0.15, 0.2) is 0 Å². The molecule has 0 unspecified atom stereocenters. The van der Waals surface area contributed by atoms with Crippen molar-refractivity contribution in [1.29, 1.82) is 0 Å². The molecule has 1 aliphatic rings. The molecule has 4 heteroatoms. The van der Waals surface area contributed by atoms with Crippen LogP contribution in [0.5, 0.6) is 0 Å². The van der Waals surface area contributed by atoms with Gasteiger partial charge in [-0.2, -0.15) is 0 Å². The summed E-state index contributed by atoms with van der Waals surface area (Å²) in [6.07, 6.45) is 6.00. The fourth-order valence-corrected chi connectivity index (χ4v) is 2.68. The van der Waals surface area contributed by atoms with E-state index in [0.29, 0.717) is 12.0 Å². The molecule has 1 aromatic carbocycles. The summed E-state index contributed by atoms with van der Waals surface area (Å²) in [6, 6.07) is 6.07. The highest BCUT2D eigenvalue weighted by Crippen LogP contribution is 2.30. The van der Waals surface area contributed by atoms with Crippen molar-refractivity contribution < 1.29 is 9.53 Å². The van der Waals surface area contributed by atoms with Gasteiger partial charge in [-0.15, -0.1) is 6.58 Å². The average Bonchev–Trinajstić information content (AvgIpc) is 2.64. The number of carbonyl (C=O) groups excluding carboxylic acids is 1. The summed E-state index contributed by atoms with van der Waals surface area (Å²) in [5.74, 6) is -0.277. The molecule has 1 aromatic rings. The molecule has 0 atom stereocenters. The predicted octanol–water partition coefficient (Wildman–Crippen LogP) is 3.96. The number of carbonyl (C=O) groups is 1. The first-order valence-electron chi connectivity index (χ1n) is 6.79. The third kappa shape index (κ3) is 3.85. The van der Waals surface area contributed by atoms with E-state index in [1.807, 2.05) is 24.3 Å². The smallest absolute Gasteiger partial charge is 0.334 e. The quantitative estimate of drug-likeness (QED) is 0.596. The van der Waals surface area contributed by atoms with Crippen molar-refractivity contribution in [3.63, 3.8) is 0 Å². The summed E-state index contributed by atoms with van der Waals surface area (Å²) in [5, 5.41) is 0. The number of rotatable bonds is 5. The van der Waals surface area contributed by atoms with Crippen molar-refractivity contribution in [3.8, 4) is 0 Å². The molecule has 0 N–H and O–H groups in total. The van der Waals surface area contributed by atoms with E-state index in [1.165, 1.54) is 0 Å². The maximum absolute atomic E-state index is 12.1. The Labute approximate surface area is 133 Å². The molecule has 0 amide bonds. The van der Waals surface area contributed by atoms with Crippen LogP contribution in [0.2, 0.25) is 0 Å². The zero-order chi connectivity index (χ0) is 15.2. The van der Waals surface area contributed by atoms with E-state index in [4.69, 9.17) is 4.74 Å². The molecule has 0 bridgehead atoms. The minimum Gasteiger partial charge on any atom is -0.458 e. The SMILES string of the molecule is C=CCOC(=O)C1=Cc2cc(Br)ccc2N(CC=C)CC1. The van der Waals surface area contributed by atoms with E-state index in [2.05, 4.69) is 40.1 Å². The van der Waals surface area contributed by atoms with Gasteiger partial charge in [-0.3, -0.25) is 0 Å². The average molecular weight is 348 g/mol. The molecule has 0 aliphatic carbocycles. The molecular formula is C17H18BrNO2. The summed E-state index contributed by atoms with van der Waals surface area (Å²) in [6.45, 7) is 9.10. The maximum Gasteiger partial charge on any atom is 0.334 e.